The van der Waals surface area contributed by atoms with Crippen molar-refractivity contribution in [2.24, 2.45) is 5.92 Å². The maximum atomic E-state index is 11.9. The van der Waals surface area contributed by atoms with Crippen LogP contribution in [0.4, 0.5) is 4.79 Å². The van der Waals surface area contributed by atoms with E-state index in [1.54, 1.807) is 0 Å². The summed E-state index contributed by atoms with van der Waals surface area (Å²) in [5, 5.41) is 0. The highest BCUT2D eigenvalue weighted by Crippen LogP contribution is 2.50. The van der Waals surface area contributed by atoms with Crippen molar-refractivity contribution in [2.45, 2.75) is 38.9 Å². The van der Waals surface area contributed by atoms with Gasteiger partial charge in [0.2, 0.25) is 5.91 Å². The molecule has 0 spiro atoms. The van der Waals surface area contributed by atoms with Crippen LogP contribution >= 0.6 is 0 Å². The molecule has 2 fully saturated rings. The van der Waals surface area contributed by atoms with E-state index in [2.05, 4.69) is 0 Å². The molecule has 1 atom stereocenters. The Hall–Kier alpha value is -1.14. The number of cyclic esters (lactones) is 1. The van der Waals surface area contributed by atoms with Gasteiger partial charge in [-0.25, -0.2) is 9.69 Å². The van der Waals surface area contributed by atoms with Gasteiger partial charge in [-0.3, -0.25) is 4.79 Å². The number of carbonyl (C=O) groups is 2. The summed E-state index contributed by atoms with van der Waals surface area (Å²) in [6.07, 6.45) is 1.32. The van der Waals surface area contributed by atoms with Crippen LogP contribution in [0.15, 0.2) is 0 Å². The minimum atomic E-state index is -0.526. The van der Waals surface area contributed by atoms with Crippen LogP contribution in [0.25, 0.3) is 0 Å². The van der Waals surface area contributed by atoms with Crippen LogP contribution in [0.5, 0.6) is 0 Å². The van der Waals surface area contributed by atoms with Crippen LogP contribution in [-0.2, 0) is 19.0 Å². The van der Waals surface area contributed by atoms with Gasteiger partial charge in [0.15, 0.2) is 5.79 Å². The van der Waals surface area contributed by atoms with Crippen LogP contribution in [0.2, 0.25) is 0 Å². The van der Waals surface area contributed by atoms with E-state index in [0.717, 1.165) is 6.42 Å². The first-order valence-electron chi connectivity index (χ1n) is 6.88. The molecule has 0 N–H and O–H groups in total. The van der Waals surface area contributed by atoms with Gasteiger partial charge in [-0.05, 0) is 20.3 Å². The van der Waals surface area contributed by atoms with E-state index in [0.29, 0.717) is 39.2 Å². The lowest BCUT2D eigenvalue weighted by Crippen LogP contribution is -2.31. The fraction of sp³-hybridized carbons (Fsp3) is 0.846. The van der Waals surface area contributed by atoms with Crippen LogP contribution < -0.4 is 0 Å². The molecule has 2 amide bonds. The molecule has 2 rings (SSSR count). The van der Waals surface area contributed by atoms with Gasteiger partial charge in [0, 0.05) is 32.0 Å². The lowest BCUT2D eigenvalue weighted by atomic mass is 10.2. The Labute approximate surface area is 113 Å². The molecular formula is C13H21NO5. The van der Waals surface area contributed by atoms with Crippen molar-refractivity contribution in [1.82, 2.24) is 4.90 Å². The molecule has 1 unspecified atom stereocenters. The van der Waals surface area contributed by atoms with Gasteiger partial charge in [-0.2, -0.15) is 0 Å². The molecule has 1 aliphatic carbocycles. The van der Waals surface area contributed by atoms with E-state index in [1.165, 1.54) is 4.90 Å². The van der Waals surface area contributed by atoms with Gasteiger partial charge in [-0.15, -0.1) is 0 Å². The van der Waals surface area contributed by atoms with Crippen LogP contribution in [-0.4, -0.2) is 49.1 Å². The SMILES string of the molecule is CCOC1(OCC)CC1CCC(=O)N1CCOC1=O. The Morgan fingerprint density at radius 2 is 2.11 bits per heavy atom. The second-order valence-electron chi connectivity index (χ2n) is 4.78. The highest BCUT2D eigenvalue weighted by atomic mass is 16.7. The van der Waals surface area contributed by atoms with Crippen molar-refractivity contribution in [3.63, 3.8) is 0 Å². The van der Waals surface area contributed by atoms with Crippen molar-refractivity contribution >= 4 is 12.0 Å². The molecule has 19 heavy (non-hydrogen) atoms. The summed E-state index contributed by atoms with van der Waals surface area (Å²) in [7, 11) is 0. The van der Waals surface area contributed by atoms with E-state index in [1.807, 2.05) is 13.8 Å². The molecule has 0 bridgehead atoms. The molecule has 0 aromatic heterocycles. The van der Waals surface area contributed by atoms with Gasteiger partial charge in [0.1, 0.15) is 6.61 Å². The molecule has 2 aliphatic rings. The fourth-order valence-corrected chi connectivity index (χ4v) is 2.54. The van der Waals surface area contributed by atoms with Gasteiger partial charge in [0.05, 0.1) is 6.54 Å². The first-order chi connectivity index (χ1) is 9.13. The largest absolute Gasteiger partial charge is 0.447 e. The molecule has 0 radical (unpaired) electrons. The van der Waals surface area contributed by atoms with E-state index in [9.17, 15) is 9.59 Å². The average molecular weight is 271 g/mol. The monoisotopic (exact) mass is 271 g/mol. The maximum Gasteiger partial charge on any atom is 0.416 e. The number of imide groups is 1. The van der Waals surface area contributed by atoms with E-state index in [-0.39, 0.29) is 11.8 Å². The Morgan fingerprint density at radius 3 is 2.63 bits per heavy atom. The average Bonchev–Trinajstić information content (AvgIpc) is 2.85. The Balaban J connectivity index is 1.77. The Morgan fingerprint density at radius 1 is 1.42 bits per heavy atom. The molecule has 0 aromatic carbocycles. The number of rotatable bonds is 7. The van der Waals surface area contributed by atoms with Gasteiger partial charge in [-0.1, -0.05) is 0 Å². The molecule has 6 nitrogen and oxygen atoms in total. The molecule has 0 aromatic rings. The van der Waals surface area contributed by atoms with E-state index >= 15 is 0 Å². The molecule has 1 saturated heterocycles. The number of amides is 2. The molecule has 1 aliphatic heterocycles. The maximum absolute atomic E-state index is 11.9. The summed E-state index contributed by atoms with van der Waals surface area (Å²) in [6, 6.07) is 0. The number of hydrogen-bond acceptors (Lipinski definition) is 5. The van der Waals surface area contributed by atoms with Crippen molar-refractivity contribution in [3.8, 4) is 0 Å². The molecule has 1 saturated carbocycles. The van der Waals surface area contributed by atoms with Crippen LogP contribution in [0.3, 0.4) is 0 Å². The standard InChI is InChI=1S/C13H21NO5/c1-3-18-13(19-4-2)9-10(13)5-6-11(15)14-7-8-17-12(14)16/h10H,3-9H2,1-2H3. The number of hydrogen-bond donors (Lipinski definition) is 0. The van der Waals surface area contributed by atoms with Crippen LogP contribution in [0, 0.1) is 5.92 Å². The minimum absolute atomic E-state index is 0.170. The molecule has 6 heteroatoms. The first kappa shape index (κ1) is 14.3. The third kappa shape index (κ3) is 3.06. The molecular weight excluding hydrogens is 250 g/mol. The summed E-state index contributed by atoms with van der Waals surface area (Å²) in [5.41, 5.74) is 0. The fourth-order valence-electron chi connectivity index (χ4n) is 2.54. The summed E-state index contributed by atoms with van der Waals surface area (Å²) in [4.78, 5) is 24.3. The Bertz CT molecular complexity index is 351. The summed E-state index contributed by atoms with van der Waals surface area (Å²) in [5.74, 6) is -0.416. The topological polar surface area (TPSA) is 65.1 Å². The highest BCUT2D eigenvalue weighted by molar-refractivity contribution is 5.92. The first-order valence-corrected chi connectivity index (χ1v) is 6.88. The minimum Gasteiger partial charge on any atom is -0.447 e. The smallest absolute Gasteiger partial charge is 0.416 e. The van der Waals surface area contributed by atoms with Crippen molar-refractivity contribution in [2.75, 3.05) is 26.4 Å². The summed E-state index contributed by atoms with van der Waals surface area (Å²) < 4.78 is 16.0. The van der Waals surface area contributed by atoms with Crippen LogP contribution in [0.1, 0.15) is 33.1 Å². The predicted octanol–water partition coefficient (Wildman–Crippen LogP) is 1.53. The van der Waals surface area contributed by atoms with E-state index < -0.39 is 11.9 Å². The predicted molar refractivity (Wildman–Crippen MR) is 66.4 cm³/mol. The lowest BCUT2D eigenvalue weighted by molar-refractivity contribution is -0.172. The Kier molecular flexibility index (Phi) is 4.42. The quantitative estimate of drug-likeness (QED) is 0.657. The van der Waals surface area contributed by atoms with Gasteiger partial charge in [0.25, 0.3) is 0 Å². The van der Waals surface area contributed by atoms with Crippen molar-refractivity contribution < 1.29 is 23.8 Å². The van der Waals surface area contributed by atoms with Gasteiger partial charge < -0.3 is 14.2 Å². The summed E-state index contributed by atoms with van der Waals surface area (Å²) >= 11 is 0. The third-order valence-electron chi connectivity index (χ3n) is 3.54. The number of ether oxygens (including phenoxy) is 3. The zero-order valence-electron chi connectivity index (χ0n) is 11.5. The highest BCUT2D eigenvalue weighted by Gasteiger charge is 2.56. The normalized spacial score (nSPS) is 24.4. The summed E-state index contributed by atoms with van der Waals surface area (Å²) in [6.45, 7) is 5.73. The molecule has 1 heterocycles. The zero-order chi connectivity index (χ0) is 13.9. The number of carbonyl (C=O) groups excluding carboxylic acids is 2. The second-order valence-corrected chi connectivity index (χ2v) is 4.78. The molecule has 108 valence electrons. The van der Waals surface area contributed by atoms with Gasteiger partial charge >= 0.3 is 6.09 Å². The number of nitrogens with zero attached hydrogens (tertiary/aromatic N) is 1. The zero-order valence-corrected chi connectivity index (χ0v) is 11.5. The lowest BCUT2D eigenvalue weighted by Gasteiger charge is -2.17. The second kappa shape index (κ2) is 5.88. The van der Waals surface area contributed by atoms with Crippen molar-refractivity contribution in [3.05, 3.63) is 0 Å². The van der Waals surface area contributed by atoms with Crippen molar-refractivity contribution in [1.29, 1.82) is 0 Å². The van der Waals surface area contributed by atoms with E-state index in [4.69, 9.17) is 14.2 Å². The third-order valence-corrected chi connectivity index (χ3v) is 3.54.